The van der Waals surface area contributed by atoms with Gasteiger partial charge in [-0.2, -0.15) is 5.10 Å². The minimum atomic E-state index is -0.189. The van der Waals surface area contributed by atoms with Crippen molar-refractivity contribution in [1.82, 2.24) is 15.1 Å². The van der Waals surface area contributed by atoms with E-state index >= 15 is 0 Å². The van der Waals surface area contributed by atoms with Crippen molar-refractivity contribution in [1.29, 1.82) is 0 Å². The first-order valence-electron chi connectivity index (χ1n) is 8.02. The van der Waals surface area contributed by atoms with Crippen molar-refractivity contribution < 1.29 is 13.9 Å². The van der Waals surface area contributed by atoms with Gasteiger partial charge in [-0.15, -0.1) is 5.10 Å². The average Bonchev–Trinajstić information content (AvgIpc) is 2.64. The monoisotopic (exact) mass is 329 g/mol. The van der Waals surface area contributed by atoms with Crippen LogP contribution in [0.15, 0.2) is 42.6 Å². The molecule has 1 fully saturated rings. The van der Waals surface area contributed by atoms with Crippen LogP contribution in [-0.2, 0) is 11.2 Å². The molecule has 1 aliphatic heterocycles. The fourth-order valence-electron chi connectivity index (χ4n) is 3.17. The maximum atomic E-state index is 13.9. The van der Waals surface area contributed by atoms with Gasteiger partial charge < -0.3 is 9.64 Å². The molecule has 0 saturated carbocycles. The highest BCUT2D eigenvalue weighted by molar-refractivity contribution is 5.92. The Bertz CT molecular complexity index is 696. The molecule has 2 aromatic rings. The summed E-state index contributed by atoms with van der Waals surface area (Å²) in [6.45, 7) is 1.08. The number of amides is 1. The summed E-state index contributed by atoms with van der Waals surface area (Å²) in [7, 11) is 1.63. The molecule has 2 heterocycles. The lowest BCUT2D eigenvalue weighted by Gasteiger charge is -2.37. The Morgan fingerprint density at radius 1 is 1.33 bits per heavy atom. The number of halogens is 1. The zero-order valence-electron chi connectivity index (χ0n) is 13.6. The molecule has 1 aromatic heterocycles. The third-order valence-electron chi connectivity index (χ3n) is 4.52. The van der Waals surface area contributed by atoms with Gasteiger partial charge in [-0.05, 0) is 42.5 Å². The predicted octanol–water partition coefficient (Wildman–Crippen LogP) is 2.34. The van der Waals surface area contributed by atoms with Crippen molar-refractivity contribution in [3.63, 3.8) is 0 Å². The van der Waals surface area contributed by atoms with Crippen molar-refractivity contribution >= 4 is 5.91 Å². The summed E-state index contributed by atoms with van der Waals surface area (Å²) in [5.74, 6) is -0.155. The Kier molecular flexibility index (Phi) is 5.15. The van der Waals surface area contributed by atoms with Gasteiger partial charge in [0.2, 0.25) is 0 Å². The molecule has 1 saturated heterocycles. The first-order chi connectivity index (χ1) is 11.7. The van der Waals surface area contributed by atoms with E-state index in [4.69, 9.17) is 4.74 Å². The van der Waals surface area contributed by atoms with Crippen LogP contribution in [0.1, 0.15) is 22.5 Å². The molecule has 1 aromatic carbocycles. The molecule has 1 aliphatic rings. The zero-order valence-corrected chi connectivity index (χ0v) is 13.6. The van der Waals surface area contributed by atoms with E-state index < -0.39 is 0 Å². The van der Waals surface area contributed by atoms with Gasteiger partial charge in [0, 0.05) is 26.4 Å². The molecule has 24 heavy (non-hydrogen) atoms. The molecule has 0 bridgehead atoms. The largest absolute Gasteiger partial charge is 0.379 e. The number of likely N-dealkylation sites (tertiary alicyclic amines) is 1. The summed E-state index contributed by atoms with van der Waals surface area (Å²) in [5, 5.41) is 7.62. The molecular formula is C18H20FN3O2. The lowest BCUT2D eigenvalue weighted by molar-refractivity contribution is -0.00740. The molecular weight excluding hydrogens is 309 g/mol. The van der Waals surface area contributed by atoms with E-state index in [1.807, 2.05) is 6.07 Å². The molecule has 2 atom stereocenters. The number of methoxy groups -OCH3 is 1. The maximum absolute atomic E-state index is 13.9. The zero-order chi connectivity index (χ0) is 16.9. The summed E-state index contributed by atoms with van der Waals surface area (Å²) in [6.07, 6.45) is 2.78. The smallest absolute Gasteiger partial charge is 0.274 e. The van der Waals surface area contributed by atoms with Crippen LogP contribution in [0, 0.1) is 11.7 Å². The summed E-state index contributed by atoms with van der Waals surface area (Å²) >= 11 is 0. The van der Waals surface area contributed by atoms with E-state index in [9.17, 15) is 9.18 Å². The molecule has 126 valence electrons. The van der Waals surface area contributed by atoms with Crippen molar-refractivity contribution in [2.75, 3.05) is 20.2 Å². The molecule has 5 nitrogen and oxygen atoms in total. The van der Waals surface area contributed by atoms with E-state index in [2.05, 4.69) is 10.2 Å². The molecule has 0 radical (unpaired) electrons. The standard InChI is InChI=1S/C18H20FN3O2/c1-24-17-12-22(18(23)16-7-4-9-20-21-16)10-8-14(17)11-13-5-2-3-6-15(13)19/h2-7,9,14,17H,8,10-12H2,1H3/t14-,17+/m1/s1. The van der Waals surface area contributed by atoms with Crippen LogP contribution in [-0.4, -0.2) is 47.3 Å². The highest BCUT2D eigenvalue weighted by Crippen LogP contribution is 2.26. The minimum absolute atomic E-state index is 0.126. The van der Waals surface area contributed by atoms with Crippen LogP contribution in [0.3, 0.4) is 0 Å². The lowest BCUT2D eigenvalue weighted by Crippen LogP contribution is -2.48. The van der Waals surface area contributed by atoms with Gasteiger partial charge in [-0.1, -0.05) is 18.2 Å². The SMILES string of the molecule is CO[C@H]1CN(C(=O)c2cccnn2)CC[C@@H]1Cc1ccccc1F. The Morgan fingerprint density at radius 3 is 2.88 bits per heavy atom. The van der Waals surface area contributed by atoms with Crippen LogP contribution in [0.4, 0.5) is 4.39 Å². The Balaban J connectivity index is 1.68. The average molecular weight is 329 g/mol. The van der Waals surface area contributed by atoms with E-state index in [-0.39, 0.29) is 23.7 Å². The van der Waals surface area contributed by atoms with E-state index in [0.717, 1.165) is 6.42 Å². The molecule has 0 N–H and O–H groups in total. The van der Waals surface area contributed by atoms with Crippen LogP contribution in [0.2, 0.25) is 0 Å². The van der Waals surface area contributed by atoms with Crippen LogP contribution >= 0.6 is 0 Å². The number of hydrogen-bond donors (Lipinski definition) is 0. The first-order valence-corrected chi connectivity index (χ1v) is 8.02. The topological polar surface area (TPSA) is 55.3 Å². The highest BCUT2D eigenvalue weighted by atomic mass is 19.1. The number of piperidine rings is 1. The second-order valence-electron chi connectivity index (χ2n) is 5.98. The fourth-order valence-corrected chi connectivity index (χ4v) is 3.17. The van der Waals surface area contributed by atoms with Gasteiger partial charge in [-0.3, -0.25) is 4.79 Å². The van der Waals surface area contributed by atoms with Crippen LogP contribution in [0.5, 0.6) is 0 Å². The van der Waals surface area contributed by atoms with E-state index in [1.165, 1.54) is 12.3 Å². The molecule has 0 aliphatic carbocycles. The fraction of sp³-hybridized carbons (Fsp3) is 0.389. The van der Waals surface area contributed by atoms with E-state index in [1.54, 1.807) is 36.3 Å². The number of benzene rings is 1. The van der Waals surface area contributed by atoms with Gasteiger partial charge in [0.05, 0.1) is 6.10 Å². The maximum Gasteiger partial charge on any atom is 0.274 e. The van der Waals surface area contributed by atoms with Gasteiger partial charge in [-0.25, -0.2) is 4.39 Å². The number of carbonyl (C=O) groups is 1. The van der Waals surface area contributed by atoms with Gasteiger partial charge in [0.1, 0.15) is 5.82 Å². The summed E-state index contributed by atoms with van der Waals surface area (Å²) in [5.41, 5.74) is 1.03. The number of nitrogens with zero attached hydrogens (tertiary/aromatic N) is 3. The summed E-state index contributed by atoms with van der Waals surface area (Å²) in [6, 6.07) is 10.2. The molecule has 0 unspecified atom stereocenters. The quantitative estimate of drug-likeness (QED) is 0.864. The normalized spacial score (nSPS) is 20.8. The van der Waals surface area contributed by atoms with Crippen LogP contribution in [0.25, 0.3) is 0 Å². The third-order valence-corrected chi connectivity index (χ3v) is 4.52. The summed E-state index contributed by atoms with van der Waals surface area (Å²) < 4.78 is 19.5. The molecule has 0 spiro atoms. The van der Waals surface area contributed by atoms with Crippen molar-refractivity contribution in [3.05, 3.63) is 59.7 Å². The Hall–Kier alpha value is -2.34. The molecule has 3 rings (SSSR count). The van der Waals surface area contributed by atoms with Crippen molar-refractivity contribution in [2.24, 2.45) is 5.92 Å². The molecule has 1 amide bonds. The summed E-state index contributed by atoms with van der Waals surface area (Å²) in [4.78, 5) is 14.2. The Labute approximate surface area is 140 Å². The second kappa shape index (κ2) is 7.49. The van der Waals surface area contributed by atoms with Crippen LogP contribution < -0.4 is 0 Å². The number of aromatic nitrogens is 2. The predicted molar refractivity (Wildman–Crippen MR) is 86.9 cm³/mol. The Morgan fingerprint density at radius 2 is 2.17 bits per heavy atom. The lowest BCUT2D eigenvalue weighted by atomic mass is 9.87. The number of hydrogen-bond acceptors (Lipinski definition) is 4. The molecule has 6 heteroatoms. The number of carbonyl (C=O) groups excluding carboxylic acids is 1. The van der Waals surface area contributed by atoms with Gasteiger partial charge in [0.15, 0.2) is 5.69 Å². The third kappa shape index (κ3) is 3.59. The van der Waals surface area contributed by atoms with Gasteiger partial charge in [0.25, 0.3) is 5.91 Å². The first kappa shape index (κ1) is 16.5. The van der Waals surface area contributed by atoms with E-state index in [0.29, 0.717) is 30.8 Å². The van der Waals surface area contributed by atoms with Crippen molar-refractivity contribution in [3.8, 4) is 0 Å². The number of ether oxygens (including phenoxy) is 1. The second-order valence-corrected chi connectivity index (χ2v) is 5.98. The van der Waals surface area contributed by atoms with Crippen molar-refractivity contribution in [2.45, 2.75) is 18.9 Å². The minimum Gasteiger partial charge on any atom is -0.379 e. The highest BCUT2D eigenvalue weighted by Gasteiger charge is 2.32. The number of rotatable bonds is 4. The van der Waals surface area contributed by atoms with Gasteiger partial charge >= 0.3 is 0 Å².